The first-order valence-corrected chi connectivity index (χ1v) is 12.7. The average molecular weight is 585 g/mol. The van der Waals surface area contributed by atoms with Crippen LogP contribution in [0.25, 0.3) is 6.08 Å². The molecule has 2 aliphatic heterocycles. The van der Waals surface area contributed by atoms with Gasteiger partial charge >= 0.3 is 11.9 Å². The predicted molar refractivity (Wildman–Crippen MR) is 146 cm³/mol. The summed E-state index contributed by atoms with van der Waals surface area (Å²) in [5.74, 6) is -0.138. The third kappa shape index (κ3) is 4.69. The summed E-state index contributed by atoms with van der Waals surface area (Å²) in [6.07, 6.45) is 4.86. The molecule has 200 valence electrons. The molecule has 0 fully saturated rings. The fourth-order valence-electron chi connectivity index (χ4n) is 4.89. The summed E-state index contributed by atoms with van der Waals surface area (Å²) >= 11 is 3.33. The number of anilines is 1. The number of carbonyl (C=O) groups is 2. The van der Waals surface area contributed by atoms with Gasteiger partial charge in [-0.3, -0.25) is 14.9 Å². The number of hydrogen-bond acceptors (Lipinski definition) is 8. The Bertz CT molecular complexity index is 1380. The molecule has 0 aromatic heterocycles. The highest BCUT2D eigenvalue weighted by molar-refractivity contribution is 9.10. The lowest BCUT2D eigenvalue weighted by Crippen LogP contribution is -2.58. The van der Waals surface area contributed by atoms with Crippen LogP contribution >= 0.6 is 15.9 Å². The van der Waals surface area contributed by atoms with Crippen LogP contribution in [0.3, 0.4) is 0 Å². The number of alkyl halides is 1. The molecule has 2 heterocycles. The first-order valence-electron chi connectivity index (χ1n) is 11.9. The van der Waals surface area contributed by atoms with E-state index in [1.54, 1.807) is 32.0 Å². The second kappa shape index (κ2) is 9.58. The number of hydrogen-bond donors (Lipinski definition) is 0. The van der Waals surface area contributed by atoms with E-state index in [1.165, 1.54) is 0 Å². The SMILES string of the molecule is C=CC(=O)OCc1cc(C[N+](=O)[O-])cc2c1OC1(C=C2)N(C)c2ccc(OC(=O)C(C)(C)Br)cc2C1(C)C. The minimum Gasteiger partial charge on any atom is -0.462 e. The van der Waals surface area contributed by atoms with Crippen molar-refractivity contribution in [2.75, 3.05) is 11.9 Å². The molecule has 1 atom stereocenters. The standard InChI is InChI=1S/C28H29BrN2O7/c1-7-23(32)36-16-19-13-17(15-31(34)35)12-18-10-11-28(38-24(18)19)26(2,3)21-14-20(8-9-22(21)30(28)6)37-25(33)27(4,5)29/h7-14H,1,15-16H2,2-6H3. The highest BCUT2D eigenvalue weighted by Gasteiger charge is 2.58. The largest absolute Gasteiger partial charge is 0.462 e. The first-order chi connectivity index (χ1) is 17.7. The van der Waals surface area contributed by atoms with E-state index in [2.05, 4.69) is 22.5 Å². The van der Waals surface area contributed by atoms with Gasteiger partial charge in [0, 0.05) is 40.4 Å². The molecule has 1 spiro atoms. The maximum Gasteiger partial charge on any atom is 0.330 e. The van der Waals surface area contributed by atoms with Gasteiger partial charge < -0.3 is 19.1 Å². The van der Waals surface area contributed by atoms with Gasteiger partial charge in [0.1, 0.15) is 22.4 Å². The molecule has 0 saturated carbocycles. The Morgan fingerprint density at radius 1 is 1.26 bits per heavy atom. The molecule has 0 aliphatic carbocycles. The minimum atomic E-state index is -0.985. The molecule has 9 nitrogen and oxygen atoms in total. The molecule has 0 bridgehead atoms. The molecule has 2 aliphatic rings. The Hall–Kier alpha value is -3.66. The van der Waals surface area contributed by atoms with Crippen LogP contribution in [0.1, 0.15) is 49.9 Å². The number of halogens is 1. The van der Waals surface area contributed by atoms with E-state index in [1.807, 2.05) is 50.1 Å². The van der Waals surface area contributed by atoms with E-state index in [4.69, 9.17) is 14.2 Å². The zero-order valence-corrected chi connectivity index (χ0v) is 23.5. The monoisotopic (exact) mass is 584 g/mol. The van der Waals surface area contributed by atoms with Gasteiger partial charge in [-0.2, -0.15) is 0 Å². The summed E-state index contributed by atoms with van der Waals surface area (Å²) in [5, 5.41) is 11.2. The van der Waals surface area contributed by atoms with Crippen LogP contribution in [0.4, 0.5) is 5.69 Å². The number of benzene rings is 2. The second-order valence-corrected chi connectivity index (χ2v) is 12.3. The number of ether oxygens (including phenoxy) is 3. The lowest BCUT2D eigenvalue weighted by Gasteiger charge is -2.46. The van der Waals surface area contributed by atoms with Gasteiger partial charge in [-0.25, -0.2) is 4.79 Å². The zero-order valence-electron chi connectivity index (χ0n) is 21.9. The van der Waals surface area contributed by atoms with Crippen LogP contribution in [-0.2, 0) is 32.9 Å². The first kappa shape index (κ1) is 27.4. The van der Waals surface area contributed by atoms with Gasteiger partial charge in [0.15, 0.2) is 0 Å². The third-order valence-electron chi connectivity index (χ3n) is 6.94. The van der Waals surface area contributed by atoms with E-state index in [-0.39, 0.29) is 13.2 Å². The summed E-state index contributed by atoms with van der Waals surface area (Å²) in [6.45, 7) is 10.4. The fraction of sp³-hybridized carbons (Fsp3) is 0.357. The van der Waals surface area contributed by atoms with Gasteiger partial charge in [0.2, 0.25) is 12.3 Å². The summed E-state index contributed by atoms with van der Waals surface area (Å²) in [4.78, 5) is 37.0. The number of nitrogens with zero attached hydrogens (tertiary/aromatic N) is 2. The number of fused-ring (bicyclic) bond motifs is 2. The second-order valence-electron chi connectivity index (χ2n) is 10.3. The smallest absolute Gasteiger partial charge is 0.330 e. The van der Waals surface area contributed by atoms with E-state index >= 15 is 0 Å². The van der Waals surface area contributed by atoms with Crippen LogP contribution < -0.4 is 14.4 Å². The lowest BCUT2D eigenvalue weighted by molar-refractivity contribution is -0.496. The van der Waals surface area contributed by atoms with Crippen molar-refractivity contribution in [3.05, 3.63) is 81.4 Å². The van der Waals surface area contributed by atoms with Gasteiger partial charge in [-0.05, 0) is 75.7 Å². The highest BCUT2D eigenvalue weighted by atomic mass is 79.9. The molecule has 38 heavy (non-hydrogen) atoms. The quantitative estimate of drug-likeness (QED) is 0.108. The highest BCUT2D eigenvalue weighted by Crippen LogP contribution is 2.55. The summed E-state index contributed by atoms with van der Waals surface area (Å²) in [7, 11) is 1.91. The van der Waals surface area contributed by atoms with Gasteiger partial charge in [-0.1, -0.05) is 22.5 Å². The Labute approximate surface area is 229 Å². The number of likely N-dealkylation sites (N-methyl/N-ethyl adjacent to an activating group) is 1. The topological polar surface area (TPSA) is 108 Å². The van der Waals surface area contributed by atoms with Crippen LogP contribution in [0, 0.1) is 10.1 Å². The normalized spacial score (nSPS) is 18.8. The maximum absolute atomic E-state index is 12.5. The van der Waals surface area contributed by atoms with Crippen LogP contribution in [0.15, 0.2) is 49.1 Å². The minimum absolute atomic E-state index is 0.137. The number of esters is 2. The number of carbonyl (C=O) groups excluding carboxylic acids is 2. The van der Waals surface area contributed by atoms with Crippen molar-refractivity contribution in [2.45, 2.75) is 56.3 Å². The fourth-order valence-corrected chi connectivity index (χ4v) is 4.97. The Morgan fingerprint density at radius 3 is 2.61 bits per heavy atom. The van der Waals surface area contributed by atoms with Crippen molar-refractivity contribution in [3.63, 3.8) is 0 Å². The average Bonchev–Trinajstić information content (AvgIpc) is 2.99. The lowest BCUT2D eigenvalue weighted by atomic mass is 9.76. The maximum atomic E-state index is 12.5. The molecule has 2 aromatic rings. The third-order valence-corrected chi connectivity index (χ3v) is 7.27. The van der Waals surface area contributed by atoms with Crippen LogP contribution in [-0.4, -0.2) is 34.0 Å². The molecule has 0 saturated heterocycles. The summed E-state index contributed by atoms with van der Waals surface area (Å²) in [6, 6.07) is 8.80. The Kier molecular flexibility index (Phi) is 6.90. The molecular weight excluding hydrogens is 556 g/mol. The molecule has 0 amide bonds. The van der Waals surface area contributed by atoms with E-state index in [9.17, 15) is 19.7 Å². The molecular formula is C28H29BrN2O7. The van der Waals surface area contributed by atoms with Crippen molar-refractivity contribution >= 4 is 39.6 Å². The summed E-state index contributed by atoms with van der Waals surface area (Å²) < 4.78 is 16.8. The molecule has 0 radical (unpaired) electrons. The summed E-state index contributed by atoms with van der Waals surface area (Å²) in [5.41, 5.74) is 1.81. The zero-order chi connectivity index (χ0) is 28.0. The van der Waals surface area contributed by atoms with E-state index in [0.29, 0.717) is 28.2 Å². The van der Waals surface area contributed by atoms with E-state index < -0.39 is 32.3 Å². The number of nitro groups is 1. The van der Waals surface area contributed by atoms with Crippen molar-refractivity contribution in [1.82, 2.24) is 0 Å². The molecule has 1 unspecified atom stereocenters. The predicted octanol–water partition coefficient (Wildman–Crippen LogP) is 5.30. The van der Waals surface area contributed by atoms with Crippen molar-refractivity contribution in [3.8, 4) is 11.5 Å². The molecule has 2 aromatic carbocycles. The molecule has 4 rings (SSSR count). The Balaban J connectivity index is 1.76. The Morgan fingerprint density at radius 2 is 1.97 bits per heavy atom. The van der Waals surface area contributed by atoms with Crippen LogP contribution in [0.2, 0.25) is 0 Å². The van der Waals surface area contributed by atoms with Crippen molar-refractivity contribution in [2.24, 2.45) is 0 Å². The van der Waals surface area contributed by atoms with E-state index in [0.717, 1.165) is 17.3 Å². The molecule has 10 heteroatoms. The number of rotatable bonds is 7. The van der Waals surface area contributed by atoms with Gasteiger partial charge in [0.05, 0.1) is 5.41 Å². The van der Waals surface area contributed by atoms with Crippen LogP contribution in [0.5, 0.6) is 11.5 Å². The van der Waals surface area contributed by atoms with Gasteiger partial charge in [0.25, 0.3) is 0 Å². The molecule has 0 N–H and O–H groups in total. The van der Waals surface area contributed by atoms with Crippen molar-refractivity contribution < 1.29 is 28.7 Å². The van der Waals surface area contributed by atoms with Crippen molar-refractivity contribution in [1.29, 1.82) is 0 Å². The van der Waals surface area contributed by atoms with Gasteiger partial charge in [-0.15, -0.1) is 0 Å².